The molecule has 0 radical (unpaired) electrons. The molecule has 1 aliphatic heterocycles. The predicted octanol–water partition coefficient (Wildman–Crippen LogP) is 4.52. The first-order valence-electron chi connectivity index (χ1n) is 11.5. The normalized spacial score (nSPS) is 22.7. The lowest BCUT2D eigenvalue weighted by Gasteiger charge is -2.39. The SMILES string of the molecule is CC1CN(C(C)c2nc3ccccc3c(=O)n2-c2ccc(F)cc2)CCC1C(=O)C1CC1. The predicted molar refractivity (Wildman–Crippen MR) is 122 cm³/mol. The first-order valence-corrected chi connectivity index (χ1v) is 11.5. The van der Waals surface area contributed by atoms with Gasteiger partial charge in [-0.2, -0.15) is 0 Å². The maximum absolute atomic E-state index is 13.6. The zero-order chi connectivity index (χ0) is 22.4. The molecule has 32 heavy (non-hydrogen) atoms. The number of hydrogen-bond donors (Lipinski definition) is 0. The van der Waals surface area contributed by atoms with Gasteiger partial charge in [-0.3, -0.25) is 19.1 Å². The van der Waals surface area contributed by atoms with Gasteiger partial charge in [0, 0.05) is 18.4 Å². The number of likely N-dealkylation sites (tertiary alicyclic amines) is 1. The van der Waals surface area contributed by atoms with E-state index in [-0.39, 0.29) is 35.2 Å². The molecule has 1 saturated heterocycles. The van der Waals surface area contributed by atoms with Gasteiger partial charge in [0.25, 0.3) is 5.56 Å². The number of carbonyl (C=O) groups is 1. The fraction of sp³-hybridized carbons (Fsp3) is 0.423. The molecule has 1 aliphatic carbocycles. The van der Waals surface area contributed by atoms with Crippen molar-refractivity contribution in [2.24, 2.45) is 17.8 Å². The van der Waals surface area contributed by atoms with E-state index in [0.717, 1.165) is 32.4 Å². The van der Waals surface area contributed by atoms with E-state index in [9.17, 15) is 14.0 Å². The van der Waals surface area contributed by atoms with Crippen LogP contribution in [-0.2, 0) is 4.79 Å². The lowest BCUT2D eigenvalue weighted by molar-refractivity contribution is -0.127. The van der Waals surface area contributed by atoms with Crippen molar-refractivity contribution in [3.63, 3.8) is 0 Å². The number of hydrogen-bond acceptors (Lipinski definition) is 4. The van der Waals surface area contributed by atoms with Gasteiger partial charge in [-0.15, -0.1) is 0 Å². The van der Waals surface area contributed by atoms with Crippen molar-refractivity contribution in [2.75, 3.05) is 13.1 Å². The Morgan fingerprint density at radius 3 is 2.50 bits per heavy atom. The van der Waals surface area contributed by atoms with Crippen LogP contribution in [-0.4, -0.2) is 33.3 Å². The van der Waals surface area contributed by atoms with Gasteiger partial charge in [0.05, 0.1) is 22.6 Å². The molecular weight excluding hydrogens is 405 g/mol. The highest BCUT2D eigenvalue weighted by Crippen LogP contribution is 2.38. The van der Waals surface area contributed by atoms with Crippen molar-refractivity contribution >= 4 is 16.7 Å². The molecule has 1 aromatic heterocycles. The fourth-order valence-corrected chi connectivity index (χ4v) is 5.06. The van der Waals surface area contributed by atoms with Crippen LogP contribution >= 0.6 is 0 Å². The van der Waals surface area contributed by atoms with E-state index in [1.54, 1.807) is 22.8 Å². The van der Waals surface area contributed by atoms with E-state index in [1.807, 2.05) is 18.2 Å². The lowest BCUT2D eigenvalue weighted by Crippen LogP contribution is -2.44. The van der Waals surface area contributed by atoms with E-state index in [4.69, 9.17) is 4.98 Å². The highest BCUT2D eigenvalue weighted by Gasteiger charge is 2.40. The number of Topliss-reactive ketones (excluding diaryl/α,β-unsaturated/α-hetero) is 1. The summed E-state index contributed by atoms with van der Waals surface area (Å²) in [6.45, 7) is 5.80. The highest BCUT2D eigenvalue weighted by molar-refractivity contribution is 5.85. The summed E-state index contributed by atoms with van der Waals surface area (Å²) in [6, 6.07) is 13.2. The van der Waals surface area contributed by atoms with Crippen LogP contribution < -0.4 is 5.56 Å². The summed E-state index contributed by atoms with van der Waals surface area (Å²) >= 11 is 0. The molecule has 2 aliphatic rings. The van der Waals surface area contributed by atoms with Crippen LogP contribution in [0, 0.1) is 23.6 Å². The van der Waals surface area contributed by atoms with E-state index >= 15 is 0 Å². The zero-order valence-electron chi connectivity index (χ0n) is 18.5. The smallest absolute Gasteiger partial charge is 0.266 e. The third kappa shape index (κ3) is 3.77. The van der Waals surface area contributed by atoms with Crippen LogP contribution in [0.25, 0.3) is 16.6 Å². The van der Waals surface area contributed by atoms with Crippen LogP contribution in [0.5, 0.6) is 0 Å². The number of fused-ring (bicyclic) bond motifs is 1. The molecule has 0 N–H and O–H groups in total. The van der Waals surface area contributed by atoms with Gasteiger partial charge in [-0.25, -0.2) is 9.37 Å². The van der Waals surface area contributed by atoms with E-state index in [0.29, 0.717) is 28.2 Å². The number of aromatic nitrogens is 2. The number of carbonyl (C=O) groups excluding carboxylic acids is 1. The number of rotatable bonds is 5. The summed E-state index contributed by atoms with van der Waals surface area (Å²) < 4.78 is 15.2. The van der Waals surface area contributed by atoms with Gasteiger partial charge in [0.2, 0.25) is 0 Å². The molecule has 5 rings (SSSR count). The molecule has 2 heterocycles. The Bertz CT molecular complexity index is 1220. The van der Waals surface area contributed by atoms with Crippen molar-refractivity contribution in [3.8, 4) is 5.69 Å². The van der Waals surface area contributed by atoms with E-state index in [2.05, 4.69) is 18.7 Å². The Balaban J connectivity index is 1.52. The van der Waals surface area contributed by atoms with Gasteiger partial charge in [0.15, 0.2) is 0 Å². The van der Waals surface area contributed by atoms with Crippen LogP contribution in [0.4, 0.5) is 4.39 Å². The largest absolute Gasteiger partial charge is 0.299 e. The molecule has 0 amide bonds. The molecule has 6 heteroatoms. The number of halogens is 1. The minimum absolute atomic E-state index is 0.128. The van der Waals surface area contributed by atoms with Crippen molar-refractivity contribution in [2.45, 2.75) is 39.2 Å². The Labute approximate surface area is 186 Å². The van der Waals surface area contributed by atoms with Crippen molar-refractivity contribution in [1.82, 2.24) is 14.5 Å². The van der Waals surface area contributed by atoms with Gasteiger partial charge in [-0.1, -0.05) is 19.1 Å². The summed E-state index contributed by atoms with van der Waals surface area (Å²) in [5.74, 6) is 1.43. The molecule has 3 unspecified atom stereocenters. The Hall–Kier alpha value is -2.86. The Morgan fingerprint density at radius 2 is 1.81 bits per heavy atom. The average Bonchev–Trinajstić information content (AvgIpc) is 3.64. The number of ketones is 1. The third-order valence-electron chi connectivity index (χ3n) is 7.09. The van der Waals surface area contributed by atoms with Crippen LogP contribution in [0.3, 0.4) is 0 Å². The lowest BCUT2D eigenvalue weighted by atomic mass is 9.81. The monoisotopic (exact) mass is 433 g/mol. The summed E-state index contributed by atoms with van der Waals surface area (Å²) in [7, 11) is 0. The van der Waals surface area contributed by atoms with Crippen molar-refractivity contribution in [1.29, 1.82) is 0 Å². The second-order valence-corrected chi connectivity index (χ2v) is 9.32. The summed E-state index contributed by atoms with van der Waals surface area (Å²) in [4.78, 5) is 33.3. The third-order valence-corrected chi connectivity index (χ3v) is 7.09. The molecule has 1 saturated carbocycles. The highest BCUT2D eigenvalue weighted by atomic mass is 19.1. The van der Waals surface area contributed by atoms with Crippen LogP contribution in [0.1, 0.15) is 45.0 Å². The van der Waals surface area contributed by atoms with Gasteiger partial charge >= 0.3 is 0 Å². The fourth-order valence-electron chi connectivity index (χ4n) is 5.06. The topological polar surface area (TPSA) is 55.2 Å². The first kappa shape index (κ1) is 21.0. The van der Waals surface area contributed by atoms with Crippen molar-refractivity contribution in [3.05, 3.63) is 70.5 Å². The Morgan fingerprint density at radius 1 is 1.09 bits per heavy atom. The minimum Gasteiger partial charge on any atom is -0.299 e. The maximum atomic E-state index is 13.6. The molecule has 0 spiro atoms. The number of para-hydroxylation sites is 1. The molecule has 2 fully saturated rings. The molecule has 2 aromatic carbocycles. The molecular formula is C26H28FN3O2. The van der Waals surface area contributed by atoms with Gasteiger partial charge in [0.1, 0.15) is 17.4 Å². The number of nitrogens with zero attached hydrogens (tertiary/aromatic N) is 3. The first-order chi connectivity index (χ1) is 15.4. The Kier molecular flexibility index (Phi) is 5.41. The van der Waals surface area contributed by atoms with Crippen LogP contribution in [0.15, 0.2) is 53.3 Å². The van der Waals surface area contributed by atoms with E-state index in [1.165, 1.54) is 12.1 Å². The van der Waals surface area contributed by atoms with E-state index < -0.39 is 0 Å². The molecule has 5 nitrogen and oxygen atoms in total. The second-order valence-electron chi connectivity index (χ2n) is 9.32. The maximum Gasteiger partial charge on any atom is 0.266 e. The summed E-state index contributed by atoms with van der Waals surface area (Å²) in [6.07, 6.45) is 2.94. The van der Waals surface area contributed by atoms with Gasteiger partial charge in [-0.05, 0) is 75.0 Å². The minimum atomic E-state index is -0.346. The number of piperidine rings is 1. The van der Waals surface area contributed by atoms with Crippen LogP contribution in [0.2, 0.25) is 0 Å². The molecule has 3 atom stereocenters. The number of benzene rings is 2. The summed E-state index contributed by atoms with van der Waals surface area (Å²) in [5, 5.41) is 0.537. The summed E-state index contributed by atoms with van der Waals surface area (Å²) in [5.41, 5.74) is 1.10. The van der Waals surface area contributed by atoms with Gasteiger partial charge < -0.3 is 0 Å². The molecule has 0 bridgehead atoms. The zero-order valence-corrected chi connectivity index (χ0v) is 18.5. The quantitative estimate of drug-likeness (QED) is 0.594. The average molecular weight is 434 g/mol. The molecule has 3 aromatic rings. The molecule has 166 valence electrons. The van der Waals surface area contributed by atoms with Crippen molar-refractivity contribution < 1.29 is 9.18 Å². The second kappa shape index (κ2) is 8.24. The standard InChI is InChI=1S/C26H28FN3O2/c1-16-15-29(14-13-21(16)24(31)18-7-8-18)17(2)25-28-23-6-4-3-5-22(23)26(32)30(25)20-11-9-19(27)10-12-20/h3-6,9-12,16-18,21H,7-8,13-15H2,1-2H3.